The molecule has 0 aromatic rings. The standard InChI is InChI=1S/C75H139N2O7P/c1-7-10-13-16-19-22-25-28-30-32-34-35-36-37-38-39-40-41-43-45-47-50-53-56-59-62-65-68-75(79)84-73(66-63-60-57-54-51-48-27-24-21-18-15-12-9-3)72(71-83-85(80,81)82-70-69-77(4,5)6)76-74(78)67-64-61-58-55-52-49-46-44-42-33-31-29-26-23-20-17-14-11-8-2/h20,23,28-31,42,44,49,52,63,66,72-73H,7-19,21-22,24-27,32-41,43,45-48,50-51,53-62,64-65,67-71H2,1-6H3,(H-,76,78,80,81)/p+1/b23-20-,30-28+,31-29-,44-42-,52-49-,66-63-. The summed E-state index contributed by atoms with van der Waals surface area (Å²) in [6, 6.07) is -0.867. The Bertz CT molecular complexity index is 1680. The van der Waals surface area contributed by atoms with E-state index in [4.69, 9.17) is 13.8 Å². The smallest absolute Gasteiger partial charge is 0.456 e. The first-order chi connectivity index (χ1) is 41.4. The van der Waals surface area contributed by atoms with Crippen molar-refractivity contribution in [2.45, 2.75) is 354 Å². The van der Waals surface area contributed by atoms with Gasteiger partial charge in [0.1, 0.15) is 19.3 Å². The summed E-state index contributed by atoms with van der Waals surface area (Å²) in [5.74, 6) is -0.530. The van der Waals surface area contributed by atoms with Gasteiger partial charge in [-0.2, -0.15) is 0 Å². The molecular formula is C75H140N2O7P+. The van der Waals surface area contributed by atoms with Crippen LogP contribution in [0, 0.1) is 0 Å². The maximum absolute atomic E-state index is 13.6. The monoisotopic (exact) mass is 1210 g/mol. The minimum atomic E-state index is -4.47. The predicted molar refractivity (Wildman–Crippen MR) is 369 cm³/mol. The highest BCUT2D eigenvalue weighted by Gasteiger charge is 2.30. The van der Waals surface area contributed by atoms with Gasteiger partial charge in [-0.05, 0) is 102 Å². The molecule has 10 heteroatoms. The summed E-state index contributed by atoms with van der Waals surface area (Å²) in [4.78, 5) is 37.9. The van der Waals surface area contributed by atoms with E-state index in [1.807, 2.05) is 33.3 Å². The SMILES string of the molecule is CCCCC/C=C\C/C=C\C/C=C\C/C=C\CCCCCC(=O)NC(COP(=O)(O)OCC[N+](C)(C)C)C(/C=C\CCCCCCCCCCCCC)OC(=O)CCCCCCCCCCCCCCCCCCC/C=C/CCCCCCCC. The molecule has 0 aliphatic carbocycles. The number of ether oxygens (including phenoxy) is 1. The molecule has 3 unspecified atom stereocenters. The van der Waals surface area contributed by atoms with Crippen molar-refractivity contribution in [2.75, 3.05) is 40.9 Å². The topological polar surface area (TPSA) is 111 Å². The van der Waals surface area contributed by atoms with Crippen molar-refractivity contribution in [3.8, 4) is 0 Å². The van der Waals surface area contributed by atoms with Crippen molar-refractivity contribution in [1.29, 1.82) is 0 Å². The van der Waals surface area contributed by atoms with Gasteiger partial charge in [-0.3, -0.25) is 18.6 Å². The highest BCUT2D eigenvalue weighted by Crippen LogP contribution is 2.43. The number of esters is 1. The van der Waals surface area contributed by atoms with Gasteiger partial charge in [-0.1, -0.05) is 299 Å². The van der Waals surface area contributed by atoms with Crippen molar-refractivity contribution < 1.29 is 37.3 Å². The van der Waals surface area contributed by atoms with Crippen LogP contribution in [0.2, 0.25) is 0 Å². The molecule has 9 nitrogen and oxygen atoms in total. The van der Waals surface area contributed by atoms with Crippen molar-refractivity contribution in [2.24, 2.45) is 0 Å². The largest absolute Gasteiger partial charge is 0.472 e. The number of nitrogens with zero attached hydrogens (tertiary/aromatic N) is 1. The van der Waals surface area contributed by atoms with Crippen molar-refractivity contribution >= 4 is 19.7 Å². The highest BCUT2D eigenvalue weighted by molar-refractivity contribution is 7.47. The van der Waals surface area contributed by atoms with Gasteiger partial charge in [-0.15, -0.1) is 0 Å². The van der Waals surface area contributed by atoms with Crippen LogP contribution in [0.4, 0.5) is 0 Å². The molecule has 2 N–H and O–H groups in total. The molecule has 3 atom stereocenters. The van der Waals surface area contributed by atoms with E-state index in [9.17, 15) is 19.0 Å². The minimum Gasteiger partial charge on any atom is -0.456 e. The zero-order valence-corrected chi connectivity index (χ0v) is 57.7. The Hall–Kier alpha value is -2.55. The van der Waals surface area contributed by atoms with Crippen LogP contribution in [0.1, 0.15) is 342 Å². The number of quaternary nitrogens is 1. The number of phosphoric ester groups is 1. The molecule has 0 spiro atoms. The Morgan fingerprint density at radius 2 is 0.718 bits per heavy atom. The second kappa shape index (κ2) is 64.4. The van der Waals surface area contributed by atoms with Crippen LogP contribution in [-0.2, 0) is 27.9 Å². The Morgan fingerprint density at radius 1 is 0.412 bits per heavy atom. The van der Waals surface area contributed by atoms with Gasteiger partial charge in [-0.25, -0.2) is 4.57 Å². The van der Waals surface area contributed by atoms with E-state index in [-0.39, 0.29) is 31.5 Å². The second-order valence-corrected chi connectivity index (χ2v) is 27.2. The lowest BCUT2D eigenvalue weighted by atomic mass is 10.0. The average molecular weight is 1210 g/mol. The normalized spacial score (nSPS) is 13.9. The third-order valence-corrected chi connectivity index (χ3v) is 17.1. The van der Waals surface area contributed by atoms with Crippen LogP contribution in [0.3, 0.4) is 0 Å². The van der Waals surface area contributed by atoms with Gasteiger partial charge in [0.15, 0.2) is 0 Å². The first-order valence-corrected chi connectivity index (χ1v) is 37.8. The molecule has 0 saturated carbocycles. The number of carbonyl (C=O) groups excluding carboxylic acids is 2. The molecule has 0 aliphatic rings. The molecule has 0 aromatic carbocycles. The van der Waals surface area contributed by atoms with Crippen LogP contribution in [0.25, 0.3) is 0 Å². The molecule has 0 aliphatic heterocycles. The molecule has 0 bridgehead atoms. The summed E-state index contributed by atoms with van der Waals surface area (Å²) < 4.78 is 30.8. The first-order valence-electron chi connectivity index (χ1n) is 36.3. The van der Waals surface area contributed by atoms with E-state index in [0.29, 0.717) is 23.9 Å². The van der Waals surface area contributed by atoms with Crippen LogP contribution in [-0.4, -0.2) is 74.3 Å². The summed E-state index contributed by atoms with van der Waals surface area (Å²) in [5.41, 5.74) is 0. The summed E-state index contributed by atoms with van der Waals surface area (Å²) in [5, 5.41) is 3.05. The molecule has 0 rings (SSSR count). The predicted octanol–water partition coefficient (Wildman–Crippen LogP) is 23.1. The quantitative estimate of drug-likeness (QED) is 0.0205. The summed E-state index contributed by atoms with van der Waals surface area (Å²) in [7, 11) is 1.48. The van der Waals surface area contributed by atoms with E-state index in [1.54, 1.807) is 0 Å². The Morgan fingerprint density at radius 3 is 1.12 bits per heavy atom. The van der Waals surface area contributed by atoms with Crippen molar-refractivity contribution in [1.82, 2.24) is 5.32 Å². The van der Waals surface area contributed by atoms with E-state index < -0.39 is 20.0 Å². The highest BCUT2D eigenvalue weighted by atomic mass is 31.2. The molecule has 0 fully saturated rings. The van der Waals surface area contributed by atoms with Gasteiger partial charge in [0.2, 0.25) is 5.91 Å². The fourth-order valence-corrected chi connectivity index (χ4v) is 11.2. The van der Waals surface area contributed by atoms with Crippen molar-refractivity contribution in [3.05, 3.63) is 72.9 Å². The molecule has 1 amide bonds. The number of nitrogens with one attached hydrogen (secondary N) is 1. The van der Waals surface area contributed by atoms with Gasteiger partial charge in [0.05, 0.1) is 33.8 Å². The average Bonchev–Trinajstić information content (AvgIpc) is 3.50. The number of rotatable bonds is 66. The van der Waals surface area contributed by atoms with Gasteiger partial charge in [0, 0.05) is 12.8 Å². The number of phosphoric acid groups is 1. The van der Waals surface area contributed by atoms with Crippen LogP contribution in [0.15, 0.2) is 72.9 Å². The number of likely N-dealkylation sites (N-methyl/N-ethyl adjacent to an activating group) is 1. The first kappa shape index (κ1) is 82.5. The van der Waals surface area contributed by atoms with Gasteiger partial charge >= 0.3 is 13.8 Å². The molecule has 85 heavy (non-hydrogen) atoms. The molecule has 0 aromatic heterocycles. The molecule has 0 saturated heterocycles. The lowest BCUT2D eigenvalue weighted by Crippen LogP contribution is -2.47. The summed E-state index contributed by atoms with van der Waals surface area (Å²) >= 11 is 0. The Labute approximate surface area is 527 Å². The van der Waals surface area contributed by atoms with E-state index in [1.165, 1.54) is 225 Å². The number of amides is 1. The fourth-order valence-electron chi connectivity index (χ4n) is 10.5. The van der Waals surface area contributed by atoms with Gasteiger partial charge < -0.3 is 19.4 Å². The third kappa shape index (κ3) is 65.7. The number of unbranched alkanes of at least 4 members (excludes halogenated alkanes) is 40. The maximum atomic E-state index is 13.6. The molecule has 496 valence electrons. The fraction of sp³-hybridized carbons (Fsp3) is 0.813. The lowest BCUT2D eigenvalue weighted by molar-refractivity contribution is -0.870. The van der Waals surface area contributed by atoms with E-state index in [0.717, 1.165) is 77.0 Å². The van der Waals surface area contributed by atoms with E-state index in [2.05, 4.69) is 86.8 Å². The summed E-state index contributed by atoms with van der Waals surface area (Å²) in [6.07, 6.45) is 84.9. The Kier molecular flexibility index (Phi) is 62.5. The van der Waals surface area contributed by atoms with Crippen LogP contribution >= 0.6 is 7.82 Å². The number of hydrogen-bond acceptors (Lipinski definition) is 6. The number of carbonyl (C=O) groups is 2. The zero-order chi connectivity index (χ0) is 62.1. The minimum absolute atomic E-state index is 0.0329. The summed E-state index contributed by atoms with van der Waals surface area (Å²) in [6.45, 7) is 6.99. The zero-order valence-electron chi connectivity index (χ0n) is 56.9. The molecule has 0 radical (unpaired) electrons. The molecule has 0 heterocycles. The van der Waals surface area contributed by atoms with Crippen LogP contribution in [0.5, 0.6) is 0 Å². The molecular weight excluding hydrogens is 1070 g/mol. The number of hydrogen-bond donors (Lipinski definition) is 2. The second-order valence-electron chi connectivity index (χ2n) is 25.8. The van der Waals surface area contributed by atoms with E-state index >= 15 is 0 Å². The van der Waals surface area contributed by atoms with Crippen molar-refractivity contribution in [3.63, 3.8) is 0 Å². The lowest BCUT2D eigenvalue weighted by Gasteiger charge is -2.27. The van der Waals surface area contributed by atoms with Crippen LogP contribution < -0.4 is 5.32 Å². The number of allylic oxidation sites excluding steroid dienone is 11. The maximum Gasteiger partial charge on any atom is 0.472 e. The van der Waals surface area contributed by atoms with Gasteiger partial charge in [0.25, 0.3) is 0 Å². The Balaban J connectivity index is 5.08. The third-order valence-electron chi connectivity index (χ3n) is 16.1.